The molecule has 0 bridgehead atoms. The van der Waals surface area contributed by atoms with E-state index in [4.69, 9.17) is 5.11 Å². The van der Waals surface area contributed by atoms with Crippen molar-refractivity contribution in [3.05, 3.63) is 35.9 Å². The van der Waals surface area contributed by atoms with Crippen LogP contribution in [0.25, 0.3) is 0 Å². The standard InChI is InChI=1S/C17H25NO5S/c1-17(2,11-10-16(20)21)18-15(19)13-24(22,23)12-6-9-14-7-4-3-5-8-14/h3-5,7-8H,6,9-13H2,1-2H3,(H,18,19)(H,20,21). The highest BCUT2D eigenvalue weighted by molar-refractivity contribution is 7.92. The molecule has 0 aliphatic rings. The number of rotatable bonds is 10. The summed E-state index contributed by atoms with van der Waals surface area (Å²) >= 11 is 0. The van der Waals surface area contributed by atoms with E-state index in [1.807, 2.05) is 30.3 Å². The van der Waals surface area contributed by atoms with E-state index in [1.165, 1.54) is 0 Å². The van der Waals surface area contributed by atoms with E-state index in [1.54, 1.807) is 13.8 Å². The molecule has 0 saturated heterocycles. The van der Waals surface area contributed by atoms with Crippen molar-refractivity contribution in [3.63, 3.8) is 0 Å². The second-order valence-electron chi connectivity index (χ2n) is 6.51. The van der Waals surface area contributed by atoms with Crippen LogP contribution in [-0.4, -0.2) is 42.4 Å². The molecule has 1 amide bonds. The van der Waals surface area contributed by atoms with E-state index in [-0.39, 0.29) is 18.6 Å². The van der Waals surface area contributed by atoms with Gasteiger partial charge in [-0.3, -0.25) is 9.59 Å². The molecule has 1 aromatic rings. The molecule has 0 spiro atoms. The Morgan fingerprint density at radius 1 is 1.17 bits per heavy atom. The fourth-order valence-electron chi connectivity index (χ4n) is 2.31. The van der Waals surface area contributed by atoms with Gasteiger partial charge in [0, 0.05) is 12.0 Å². The molecule has 0 saturated carbocycles. The summed E-state index contributed by atoms with van der Waals surface area (Å²) in [6, 6.07) is 9.57. The van der Waals surface area contributed by atoms with Gasteiger partial charge in [-0.2, -0.15) is 0 Å². The molecule has 1 aromatic carbocycles. The first-order valence-corrected chi connectivity index (χ1v) is 9.69. The number of carbonyl (C=O) groups excluding carboxylic acids is 1. The van der Waals surface area contributed by atoms with Crippen molar-refractivity contribution in [2.45, 2.75) is 45.1 Å². The zero-order valence-electron chi connectivity index (χ0n) is 14.1. The van der Waals surface area contributed by atoms with Gasteiger partial charge in [-0.25, -0.2) is 8.42 Å². The second-order valence-corrected chi connectivity index (χ2v) is 8.69. The summed E-state index contributed by atoms with van der Waals surface area (Å²) in [5, 5.41) is 11.3. The molecular weight excluding hydrogens is 330 g/mol. The Kier molecular flexibility index (Phi) is 7.41. The minimum absolute atomic E-state index is 0.0507. The van der Waals surface area contributed by atoms with E-state index >= 15 is 0 Å². The zero-order chi connectivity index (χ0) is 18.2. The number of benzene rings is 1. The van der Waals surface area contributed by atoms with Gasteiger partial charge >= 0.3 is 5.97 Å². The number of hydrogen-bond acceptors (Lipinski definition) is 4. The predicted molar refractivity (Wildman–Crippen MR) is 92.5 cm³/mol. The molecule has 1 rings (SSSR count). The number of aryl methyl sites for hydroxylation is 1. The second kappa shape index (κ2) is 8.82. The van der Waals surface area contributed by atoms with Crippen molar-refractivity contribution < 1.29 is 23.1 Å². The first-order valence-electron chi connectivity index (χ1n) is 7.87. The summed E-state index contributed by atoms with van der Waals surface area (Å²) in [7, 11) is -3.48. The van der Waals surface area contributed by atoms with Gasteiger partial charge in [-0.05, 0) is 38.7 Å². The van der Waals surface area contributed by atoms with Crippen molar-refractivity contribution in [1.29, 1.82) is 0 Å². The average molecular weight is 355 g/mol. The Labute approximate surface area is 143 Å². The highest BCUT2D eigenvalue weighted by Gasteiger charge is 2.24. The highest BCUT2D eigenvalue weighted by atomic mass is 32.2. The molecule has 0 fully saturated rings. The first-order chi connectivity index (χ1) is 11.1. The highest BCUT2D eigenvalue weighted by Crippen LogP contribution is 2.11. The van der Waals surface area contributed by atoms with Gasteiger partial charge in [0.05, 0.1) is 5.75 Å². The minimum Gasteiger partial charge on any atom is -0.481 e. The SMILES string of the molecule is CC(C)(CCC(=O)O)NC(=O)CS(=O)(=O)CCCc1ccccc1. The molecule has 0 aromatic heterocycles. The Hall–Kier alpha value is -1.89. The molecule has 0 radical (unpaired) electrons. The Bertz CT molecular complexity index is 653. The Balaban J connectivity index is 2.42. The van der Waals surface area contributed by atoms with Crippen LogP contribution in [0.5, 0.6) is 0 Å². The van der Waals surface area contributed by atoms with Gasteiger partial charge in [0.15, 0.2) is 9.84 Å². The lowest BCUT2D eigenvalue weighted by Gasteiger charge is -2.25. The van der Waals surface area contributed by atoms with E-state index in [0.29, 0.717) is 12.8 Å². The Morgan fingerprint density at radius 3 is 2.38 bits per heavy atom. The van der Waals surface area contributed by atoms with Crippen LogP contribution in [0.4, 0.5) is 0 Å². The fraction of sp³-hybridized carbons (Fsp3) is 0.529. The fourth-order valence-corrected chi connectivity index (χ4v) is 3.51. The molecule has 134 valence electrons. The summed E-state index contributed by atoms with van der Waals surface area (Å²) in [6.07, 6.45) is 1.26. The molecule has 6 nitrogen and oxygen atoms in total. The van der Waals surface area contributed by atoms with Crippen LogP contribution in [0.1, 0.15) is 38.7 Å². The zero-order valence-corrected chi connectivity index (χ0v) is 14.9. The molecule has 0 atom stereocenters. The van der Waals surface area contributed by atoms with Crippen LogP contribution < -0.4 is 5.32 Å². The van der Waals surface area contributed by atoms with Crippen molar-refractivity contribution in [2.24, 2.45) is 0 Å². The summed E-state index contributed by atoms with van der Waals surface area (Å²) < 4.78 is 24.1. The predicted octanol–water partition coefficient (Wildman–Crippen LogP) is 1.79. The molecular formula is C17H25NO5S. The van der Waals surface area contributed by atoms with Crippen molar-refractivity contribution in [2.75, 3.05) is 11.5 Å². The number of nitrogens with one attached hydrogen (secondary N) is 1. The maximum Gasteiger partial charge on any atom is 0.303 e. The third kappa shape index (κ3) is 8.67. The lowest BCUT2D eigenvalue weighted by Crippen LogP contribution is -2.46. The molecule has 0 aliphatic heterocycles. The van der Waals surface area contributed by atoms with Crippen LogP contribution >= 0.6 is 0 Å². The number of sulfone groups is 1. The van der Waals surface area contributed by atoms with Crippen molar-refractivity contribution >= 4 is 21.7 Å². The van der Waals surface area contributed by atoms with Gasteiger partial charge in [-0.1, -0.05) is 30.3 Å². The maximum atomic E-state index is 12.0. The topological polar surface area (TPSA) is 101 Å². The number of hydrogen-bond donors (Lipinski definition) is 2. The number of carboxylic acids is 1. The minimum atomic E-state index is -3.48. The van der Waals surface area contributed by atoms with Gasteiger partial charge in [-0.15, -0.1) is 0 Å². The first kappa shape index (κ1) is 20.2. The molecule has 24 heavy (non-hydrogen) atoms. The summed E-state index contributed by atoms with van der Waals surface area (Å²) in [5.74, 6) is -2.17. The van der Waals surface area contributed by atoms with Gasteiger partial charge in [0.25, 0.3) is 0 Å². The number of amides is 1. The number of carbonyl (C=O) groups is 2. The molecule has 0 heterocycles. The van der Waals surface area contributed by atoms with Crippen LogP contribution in [0.3, 0.4) is 0 Å². The van der Waals surface area contributed by atoms with E-state index < -0.39 is 33.0 Å². The van der Waals surface area contributed by atoms with Crippen LogP contribution in [0.15, 0.2) is 30.3 Å². The van der Waals surface area contributed by atoms with E-state index in [9.17, 15) is 18.0 Å². The lowest BCUT2D eigenvalue weighted by atomic mass is 9.98. The van der Waals surface area contributed by atoms with Crippen LogP contribution in [0.2, 0.25) is 0 Å². The third-order valence-corrected chi connectivity index (χ3v) is 5.17. The van der Waals surface area contributed by atoms with Crippen LogP contribution in [0, 0.1) is 0 Å². The molecule has 7 heteroatoms. The van der Waals surface area contributed by atoms with Gasteiger partial charge in [0.2, 0.25) is 5.91 Å². The van der Waals surface area contributed by atoms with Crippen molar-refractivity contribution in [3.8, 4) is 0 Å². The van der Waals surface area contributed by atoms with E-state index in [0.717, 1.165) is 5.56 Å². The number of carboxylic acid groups (broad SMARTS) is 1. The molecule has 0 unspecified atom stereocenters. The summed E-state index contributed by atoms with van der Waals surface area (Å²) in [5.41, 5.74) is 0.307. The summed E-state index contributed by atoms with van der Waals surface area (Å²) in [6.45, 7) is 3.35. The van der Waals surface area contributed by atoms with Gasteiger partial charge < -0.3 is 10.4 Å². The number of aliphatic carboxylic acids is 1. The largest absolute Gasteiger partial charge is 0.481 e. The smallest absolute Gasteiger partial charge is 0.303 e. The molecule has 2 N–H and O–H groups in total. The summed E-state index contributed by atoms with van der Waals surface area (Å²) in [4.78, 5) is 22.5. The van der Waals surface area contributed by atoms with Crippen molar-refractivity contribution in [1.82, 2.24) is 5.32 Å². The quantitative estimate of drug-likeness (QED) is 0.666. The lowest BCUT2D eigenvalue weighted by molar-refractivity contribution is -0.137. The Morgan fingerprint density at radius 2 is 1.79 bits per heavy atom. The monoisotopic (exact) mass is 355 g/mol. The maximum absolute atomic E-state index is 12.0. The third-order valence-electron chi connectivity index (χ3n) is 3.56. The van der Waals surface area contributed by atoms with Gasteiger partial charge in [0.1, 0.15) is 5.75 Å². The van der Waals surface area contributed by atoms with Crippen LogP contribution in [-0.2, 0) is 25.8 Å². The normalized spacial score (nSPS) is 11.9. The van der Waals surface area contributed by atoms with E-state index in [2.05, 4.69) is 5.32 Å². The molecule has 0 aliphatic carbocycles. The average Bonchev–Trinajstić information content (AvgIpc) is 2.45.